The highest BCUT2D eigenvalue weighted by molar-refractivity contribution is 7.89. The zero-order valence-electron chi connectivity index (χ0n) is 15.2. The van der Waals surface area contributed by atoms with E-state index in [4.69, 9.17) is 4.74 Å². The molecule has 0 spiro atoms. The van der Waals surface area contributed by atoms with E-state index in [0.29, 0.717) is 5.69 Å². The fraction of sp³-hybridized carbons (Fsp3) is 0.222. The minimum atomic E-state index is -4.09. The van der Waals surface area contributed by atoms with Crippen molar-refractivity contribution in [1.29, 1.82) is 0 Å². The van der Waals surface area contributed by atoms with Crippen LogP contribution in [0.1, 0.15) is 6.92 Å². The topological polar surface area (TPSA) is 102 Å². The molecule has 2 aromatic rings. The maximum absolute atomic E-state index is 12.8. The second-order valence-electron chi connectivity index (χ2n) is 5.69. The number of esters is 1. The third-order valence-electron chi connectivity index (χ3n) is 3.61. The SMILES string of the molecule is C[C@@H](OC(=O)CONS(=O)(=O)c1ccc(F)cc1)C(=O)N(C)c1ccccc1. The fourth-order valence-electron chi connectivity index (χ4n) is 2.16. The summed E-state index contributed by atoms with van der Waals surface area (Å²) in [5.41, 5.74) is 0.624. The summed E-state index contributed by atoms with van der Waals surface area (Å²) in [4.78, 5) is 31.5. The van der Waals surface area contributed by atoms with Gasteiger partial charge in [-0.1, -0.05) is 23.1 Å². The van der Waals surface area contributed by atoms with E-state index in [2.05, 4.69) is 4.84 Å². The standard InChI is InChI=1S/C18H19FN2O6S/c1-13(18(23)21(2)15-6-4-3-5-7-15)27-17(22)12-26-20-28(24,25)16-10-8-14(19)9-11-16/h3-11,13,20H,12H2,1-2H3/t13-/m1/s1. The molecule has 0 aromatic heterocycles. The molecule has 1 atom stereocenters. The number of nitrogens with zero attached hydrogens (tertiary/aromatic N) is 1. The number of para-hydroxylation sites is 1. The lowest BCUT2D eigenvalue weighted by atomic mass is 10.2. The van der Waals surface area contributed by atoms with Gasteiger partial charge in [-0.15, -0.1) is 0 Å². The molecule has 0 saturated carbocycles. The summed E-state index contributed by atoms with van der Waals surface area (Å²) < 4.78 is 41.7. The number of ether oxygens (including phenoxy) is 1. The monoisotopic (exact) mass is 410 g/mol. The summed E-state index contributed by atoms with van der Waals surface area (Å²) >= 11 is 0. The van der Waals surface area contributed by atoms with Gasteiger partial charge in [-0.25, -0.2) is 17.6 Å². The van der Waals surface area contributed by atoms with Crippen molar-refractivity contribution in [2.45, 2.75) is 17.9 Å². The highest BCUT2D eigenvalue weighted by Gasteiger charge is 2.23. The summed E-state index contributed by atoms with van der Waals surface area (Å²) in [5, 5.41) is 0. The molecule has 0 aliphatic carbocycles. The minimum Gasteiger partial charge on any atom is -0.451 e. The van der Waals surface area contributed by atoms with Crippen molar-refractivity contribution in [1.82, 2.24) is 4.89 Å². The van der Waals surface area contributed by atoms with E-state index in [9.17, 15) is 22.4 Å². The molecule has 1 amide bonds. The van der Waals surface area contributed by atoms with Gasteiger partial charge >= 0.3 is 5.97 Å². The molecule has 8 nitrogen and oxygen atoms in total. The number of likely N-dealkylation sites (N-methyl/N-ethyl adjacent to an activating group) is 1. The first-order chi connectivity index (χ1) is 13.2. The Balaban J connectivity index is 1.83. The Bertz CT molecular complexity index is 919. The van der Waals surface area contributed by atoms with Crippen LogP contribution in [0, 0.1) is 5.82 Å². The second-order valence-corrected chi connectivity index (χ2v) is 7.34. The van der Waals surface area contributed by atoms with Gasteiger partial charge in [0.25, 0.3) is 15.9 Å². The van der Waals surface area contributed by atoms with Gasteiger partial charge in [0.05, 0.1) is 4.90 Å². The van der Waals surface area contributed by atoms with Crippen LogP contribution in [0.5, 0.6) is 0 Å². The molecule has 2 rings (SSSR count). The third kappa shape index (κ3) is 5.84. The maximum atomic E-state index is 12.8. The van der Waals surface area contributed by atoms with Crippen molar-refractivity contribution >= 4 is 27.6 Å². The lowest BCUT2D eigenvalue weighted by Gasteiger charge is -2.21. The van der Waals surface area contributed by atoms with E-state index in [1.807, 2.05) is 0 Å². The van der Waals surface area contributed by atoms with E-state index in [0.717, 1.165) is 24.3 Å². The Kier molecular flexibility index (Phi) is 7.21. The summed E-state index contributed by atoms with van der Waals surface area (Å²) in [6.07, 6.45) is -1.10. The van der Waals surface area contributed by atoms with Crippen molar-refractivity contribution in [3.8, 4) is 0 Å². The molecule has 10 heteroatoms. The predicted molar refractivity (Wildman–Crippen MR) is 98.1 cm³/mol. The van der Waals surface area contributed by atoms with Crippen LogP contribution in [0.15, 0.2) is 59.5 Å². The van der Waals surface area contributed by atoms with Crippen LogP contribution in [0.25, 0.3) is 0 Å². The van der Waals surface area contributed by atoms with Crippen LogP contribution < -0.4 is 9.79 Å². The van der Waals surface area contributed by atoms with Crippen molar-refractivity contribution in [3.05, 3.63) is 60.4 Å². The number of nitrogens with one attached hydrogen (secondary N) is 1. The molecule has 0 aliphatic rings. The number of carbonyl (C=O) groups is 2. The molecule has 0 unspecified atom stereocenters. The minimum absolute atomic E-state index is 0.240. The number of carbonyl (C=O) groups excluding carboxylic acids is 2. The Morgan fingerprint density at radius 2 is 1.71 bits per heavy atom. The average Bonchev–Trinajstić information content (AvgIpc) is 2.67. The molecule has 1 N–H and O–H groups in total. The zero-order chi connectivity index (χ0) is 20.7. The third-order valence-corrected chi connectivity index (χ3v) is 4.84. The van der Waals surface area contributed by atoms with Gasteiger partial charge in [-0.05, 0) is 43.3 Å². The van der Waals surface area contributed by atoms with Crippen molar-refractivity contribution in [2.24, 2.45) is 0 Å². The number of anilines is 1. The predicted octanol–water partition coefficient (Wildman–Crippen LogP) is 1.63. The van der Waals surface area contributed by atoms with E-state index < -0.39 is 40.4 Å². The molecule has 150 valence electrons. The largest absolute Gasteiger partial charge is 0.451 e. The molecule has 2 aromatic carbocycles. The first-order valence-corrected chi connectivity index (χ1v) is 9.60. The lowest BCUT2D eigenvalue weighted by Crippen LogP contribution is -2.38. The molecule has 0 fully saturated rings. The van der Waals surface area contributed by atoms with E-state index in [1.165, 1.54) is 18.9 Å². The number of halogens is 1. The normalized spacial score (nSPS) is 12.2. The number of benzene rings is 2. The van der Waals surface area contributed by atoms with E-state index >= 15 is 0 Å². The average molecular weight is 410 g/mol. The molecular formula is C18H19FN2O6S. The number of hydrogen-bond acceptors (Lipinski definition) is 6. The Labute approximate surface area is 161 Å². The lowest BCUT2D eigenvalue weighted by molar-refractivity contribution is -0.159. The summed E-state index contributed by atoms with van der Waals surface area (Å²) in [6.45, 7) is 0.634. The van der Waals surface area contributed by atoms with Crippen molar-refractivity contribution < 1.29 is 32.0 Å². The molecule has 0 aliphatic heterocycles. The van der Waals surface area contributed by atoms with Crippen LogP contribution in [-0.4, -0.2) is 40.1 Å². The van der Waals surface area contributed by atoms with Crippen molar-refractivity contribution in [3.63, 3.8) is 0 Å². The van der Waals surface area contributed by atoms with Crippen LogP contribution in [0.4, 0.5) is 10.1 Å². The van der Waals surface area contributed by atoms with Gasteiger partial charge < -0.3 is 9.64 Å². The van der Waals surface area contributed by atoms with Gasteiger partial charge in [0.2, 0.25) is 0 Å². The van der Waals surface area contributed by atoms with Crippen LogP contribution >= 0.6 is 0 Å². The van der Waals surface area contributed by atoms with E-state index in [1.54, 1.807) is 35.2 Å². The van der Waals surface area contributed by atoms with Gasteiger partial charge in [-0.2, -0.15) is 0 Å². The molecule has 28 heavy (non-hydrogen) atoms. The maximum Gasteiger partial charge on any atom is 0.335 e. The number of rotatable bonds is 8. The van der Waals surface area contributed by atoms with Crippen LogP contribution in [0.2, 0.25) is 0 Å². The Morgan fingerprint density at radius 1 is 1.11 bits per heavy atom. The Morgan fingerprint density at radius 3 is 2.32 bits per heavy atom. The first kappa shape index (κ1) is 21.5. The summed E-state index contributed by atoms with van der Waals surface area (Å²) in [6, 6.07) is 12.8. The van der Waals surface area contributed by atoms with Gasteiger partial charge in [0.1, 0.15) is 5.82 Å². The van der Waals surface area contributed by atoms with Gasteiger partial charge in [-0.3, -0.25) is 9.63 Å². The summed E-state index contributed by atoms with van der Waals surface area (Å²) in [5.74, 6) is -2.00. The van der Waals surface area contributed by atoms with Gasteiger partial charge in [0, 0.05) is 12.7 Å². The first-order valence-electron chi connectivity index (χ1n) is 8.12. The summed E-state index contributed by atoms with van der Waals surface area (Å²) in [7, 11) is -2.55. The highest BCUT2D eigenvalue weighted by Crippen LogP contribution is 2.13. The van der Waals surface area contributed by atoms with Crippen LogP contribution in [0.3, 0.4) is 0 Å². The molecule has 0 bridgehead atoms. The van der Waals surface area contributed by atoms with E-state index in [-0.39, 0.29) is 4.90 Å². The number of amides is 1. The molecule has 0 radical (unpaired) electrons. The molecule has 0 heterocycles. The molecule has 0 saturated heterocycles. The molecular weight excluding hydrogens is 391 g/mol. The quantitative estimate of drug-likeness (QED) is 0.524. The Hall–Kier alpha value is -2.82. The van der Waals surface area contributed by atoms with Gasteiger partial charge in [0.15, 0.2) is 12.7 Å². The van der Waals surface area contributed by atoms with Crippen molar-refractivity contribution in [2.75, 3.05) is 18.6 Å². The zero-order valence-corrected chi connectivity index (χ0v) is 16.0. The van der Waals surface area contributed by atoms with Crippen LogP contribution in [-0.2, 0) is 29.2 Å². The number of sulfonamides is 1. The smallest absolute Gasteiger partial charge is 0.335 e. The highest BCUT2D eigenvalue weighted by atomic mass is 32.2. The second kappa shape index (κ2) is 9.40. The fourth-order valence-corrected chi connectivity index (χ4v) is 2.97. The number of hydrogen-bond donors (Lipinski definition) is 1.